The van der Waals surface area contributed by atoms with Gasteiger partial charge in [0, 0.05) is 5.02 Å². The minimum atomic E-state index is -0.565. The minimum absolute atomic E-state index is 0.0443. The smallest absolute Gasteiger partial charge is 0.207 e. The standard InChI is InChI=1S/C11H10ClFO2/c1-2-3-9-10(14)7-4-6(12)5-8(13)11(7)15-9/h4-5,9H,2-3H2,1H3. The molecule has 1 aliphatic rings. The van der Waals surface area contributed by atoms with Crippen LogP contribution < -0.4 is 4.74 Å². The van der Waals surface area contributed by atoms with Gasteiger partial charge < -0.3 is 4.74 Å². The molecule has 0 saturated heterocycles. The summed E-state index contributed by atoms with van der Waals surface area (Å²) in [4.78, 5) is 11.7. The second kappa shape index (κ2) is 3.81. The average molecular weight is 229 g/mol. The Morgan fingerprint density at radius 2 is 2.27 bits per heavy atom. The molecule has 4 heteroatoms. The summed E-state index contributed by atoms with van der Waals surface area (Å²) in [6, 6.07) is 2.61. The Hall–Kier alpha value is -1.09. The lowest BCUT2D eigenvalue weighted by Gasteiger charge is -2.06. The Morgan fingerprint density at radius 3 is 2.93 bits per heavy atom. The molecular formula is C11H10ClFO2. The highest BCUT2D eigenvalue weighted by molar-refractivity contribution is 6.31. The maximum absolute atomic E-state index is 13.4. The van der Waals surface area contributed by atoms with E-state index >= 15 is 0 Å². The van der Waals surface area contributed by atoms with Crippen molar-refractivity contribution < 1.29 is 13.9 Å². The number of ketones is 1. The van der Waals surface area contributed by atoms with E-state index in [2.05, 4.69) is 0 Å². The van der Waals surface area contributed by atoms with Gasteiger partial charge in [0.25, 0.3) is 0 Å². The third kappa shape index (κ3) is 1.72. The van der Waals surface area contributed by atoms with Gasteiger partial charge in [-0.3, -0.25) is 4.79 Å². The van der Waals surface area contributed by atoms with E-state index in [1.807, 2.05) is 6.92 Å². The fourth-order valence-electron chi connectivity index (χ4n) is 1.68. The molecule has 1 aliphatic heterocycles. The molecule has 1 heterocycles. The topological polar surface area (TPSA) is 26.3 Å². The summed E-state index contributed by atoms with van der Waals surface area (Å²) in [5, 5.41) is 0.223. The predicted molar refractivity (Wildman–Crippen MR) is 55.1 cm³/mol. The van der Waals surface area contributed by atoms with Crippen molar-refractivity contribution in [1.29, 1.82) is 0 Å². The Bertz CT molecular complexity index is 417. The monoisotopic (exact) mass is 228 g/mol. The molecule has 1 unspecified atom stereocenters. The molecule has 0 N–H and O–H groups in total. The average Bonchev–Trinajstić information content (AvgIpc) is 2.47. The fraction of sp³-hybridized carbons (Fsp3) is 0.364. The summed E-state index contributed by atoms with van der Waals surface area (Å²) in [6.45, 7) is 1.95. The van der Waals surface area contributed by atoms with E-state index in [-0.39, 0.29) is 22.1 Å². The summed E-state index contributed by atoms with van der Waals surface area (Å²) in [5.41, 5.74) is 0.262. The van der Waals surface area contributed by atoms with E-state index in [1.54, 1.807) is 0 Å². The van der Waals surface area contributed by atoms with Crippen LogP contribution in [0.5, 0.6) is 5.75 Å². The van der Waals surface area contributed by atoms with E-state index in [9.17, 15) is 9.18 Å². The van der Waals surface area contributed by atoms with Crippen LogP contribution in [0, 0.1) is 5.82 Å². The zero-order valence-electron chi connectivity index (χ0n) is 8.22. The van der Waals surface area contributed by atoms with E-state index < -0.39 is 11.9 Å². The number of benzene rings is 1. The molecule has 0 fully saturated rings. The van der Waals surface area contributed by atoms with Crippen LogP contribution in [0.2, 0.25) is 5.02 Å². The summed E-state index contributed by atoms with van der Waals surface area (Å²) in [7, 11) is 0. The second-order valence-corrected chi connectivity index (χ2v) is 3.96. The van der Waals surface area contributed by atoms with Crippen molar-refractivity contribution in [3.63, 3.8) is 0 Å². The lowest BCUT2D eigenvalue weighted by Crippen LogP contribution is -2.19. The van der Waals surface area contributed by atoms with Crippen LogP contribution in [-0.2, 0) is 0 Å². The first-order chi connectivity index (χ1) is 7.13. The predicted octanol–water partition coefficient (Wildman–Crippen LogP) is 3.22. The van der Waals surface area contributed by atoms with Crippen LogP contribution in [0.15, 0.2) is 12.1 Å². The number of rotatable bonds is 2. The highest BCUT2D eigenvalue weighted by atomic mass is 35.5. The number of hydrogen-bond donors (Lipinski definition) is 0. The molecule has 0 bridgehead atoms. The molecule has 0 aromatic heterocycles. The number of carbonyl (C=O) groups is 1. The Kier molecular flexibility index (Phi) is 2.65. The van der Waals surface area contributed by atoms with Crippen molar-refractivity contribution in [2.24, 2.45) is 0 Å². The van der Waals surface area contributed by atoms with Crippen LogP contribution in [-0.4, -0.2) is 11.9 Å². The van der Waals surface area contributed by atoms with Crippen LogP contribution in [0.3, 0.4) is 0 Å². The third-order valence-electron chi connectivity index (χ3n) is 2.38. The summed E-state index contributed by atoms with van der Waals surface area (Å²) in [5.74, 6) is -0.694. The molecule has 2 rings (SSSR count). The first-order valence-corrected chi connectivity index (χ1v) is 5.21. The van der Waals surface area contributed by atoms with Gasteiger partial charge in [0.15, 0.2) is 17.7 Å². The molecule has 0 radical (unpaired) electrons. The van der Waals surface area contributed by atoms with E-state index in [4.69, 9.17) is 16.3 Å². The van der Waals surface area contributed by atoms with Crippen LogP contribution in [0.25, 0.3) is 0 Å². The number of fused-ring (bicyclic) bond motifs is 1. The lowest BCUT2D eigenvalue weighted by molar-refractivity contribution is 0.0842. The molecule has 2 nitrogen and oxygen atoms in total. The molecule has 80 valence electrons. The summed E-state index contributed by atoms with van der Waals surface area (Å²) in [6.07, 6.45) is 0.877. The molecule has 0 spiro atoms. The molecule has 0 amide bonds. The maximum Gasteiger partial charge on any atom is 0.207 e. The van der Waals surface area contributed by atoms with Crippen molar-refractivity contribution in [2.45, 2.75) is 25.9 Å². The summed E-state index contributed by atoms with van der Waals surface area (Å²) >= 11 is 5.67. The molecule has 0 aliphatic carbocycles. The first-order valence-electron chi connectivity index (χ1n) is 4.83. The molecular weight excluding hydrogens is 219 g/mol. The van der Waals surface area contributed by atoms with E-state index in [1.165, 1.54) is 6.07 Å². The van der Waals surface area contributed by atoms with Crippen LogP contribution in [0.4, 0.5) is 4.39 Å². The van der Waals surface area contributed by atoms with Crippen molar-refractivity contribution in [2.75, 3.05) is 0 Å². The first kappa shape index (κ1) is 10.4. The highest BCUT2D eigenvalue weighted by Crippen LogP contribution is 2.35. The molecule has 0 saturated carbocycles. The quantitative estimate of drug-likeness (QED) is 0.777. The van der Waals surface area contributed by atoms with Crippen LogP contribution >= 0.6 is 11.6 Å². The number of ether oxygens (including phenoxy) is 1. The highest BCUT2D eigenvalue weighted by Gasteiger charge is 2.34. The van der Waals surface area contributed by atoms with Gasteiger partial charge in [-0.15, -0.1) is 0 Å². The van der Waals surface area contributed by atoms with E-state index in [0.29, 0.717) is 6.42 Å². The Morgan fingerprint density at radius 1 is 1.53 bits per heavy atom. The molecule has 1 aromatic carbocycles. The van der Waals surface area contributed by atoms with Gasteiger partial charge in [-0.05, 0) is 18.6 Å². The summed E-state index contributed by atoms with van der Waals surface area (Å²) < 4.78 is 18.6. The largest absolute Gasteiger partial charge is 0.478 e. The molecule has 15 heavy (non-hydrogen) atoms. The van der Waals surface area contributed by atoms with Gasteiger partial charge in [-0.25, -0.2) is 4.39 Å². The van der Waals surface area contributed by atoms with Gasteiger partial charge in [0.2, 0.25) is 5.78 Å². The van der Waals surface area contributed by atoms with Crippen molar-refractivity contribution in [1.82, 2.24) is 0 Å². The van der Waals surface area contributed by atoms with Gasteiger partial charge in [0.1, 0.15) is 0 Å². The lowest BCUT2D eigenvalue weighted by atomic mass is 10.1. The van der Waals surface area contributed by atoms with Crippen molar-refractivity contribution in [3.05, 3.63) is 28.5 Å². The Balaban J connectivity index is 2.41. The molecule has 1 aromatic rings. The number of carbonyl (C=O) groups excluding carboxylic acids is 1. The number of halogens is 2. The second-order valence-electron chi connectivity index (χ2n) is 3.52. The van der Waals surface area contributed by atoms with Crippen molar-refractivity contribution in [3.8, 4) is 5.75 Å². The van der Waals surface area contributed by atoms with E-state index in [0.717, 1.165) is 12.5 Å². The van der Waals surface area contributed by atoms with Gasteiger partial charge >= 0.3 is 0 Å². The fourth-order valence-corrected chi connectivity index (χ4v) is 1.89. The van der Waals surface area contributed by atoms with Gasteiger partial charge in [-0.1, -0.05) is 24.9 Å². The van der Waals surface area contributed by atoms with Gasteiger partial charge in [-0.2, -0.15) is 0 Å². The third-order valence-corrected chi connectivity index (χ3v) is 2.60. The zero-order valence-corrected chi connectivity index (χ0v) is 8.97. The van der Waals surface area contributed by atoms with Gasteiger partial charge in [0.05, 0.1) is 5.56 Å². The normalized spacial score (nSPS) is 18.9. The maximum atomic E-state index is 13.4. The minimum Gasteiger partial charge on any atom is -0.478 e. The Labute approximate surface area is 92.0 Å². The number of hydrogen-bond acceptors (Lipinski definition) is 2. The SMILES string of the molecule is CCCC1Oc2c(F)cc(Cl)cc2C1=O. The van der Waals surface area contributed by atoms with Crippen molar-refractivity contribution >= 4 is 17.4 Å². The number of Topliss-reactive ketones (excluding diaryl/α,β-unsaturated/α-hetero) is 1. The van der Waals surface area contributed by atoms with Crippen LogP contribution in [0.1, 0.15) is 30.1 Å². The molecule has 1 atom stereocenters. The zero-order chi connectivity index (χ0) is 11.0.